The molecule has 1 saturated heterocycles. The molecule has 0 saturated carbocycles. The number of fused-ring (bicyclic) bond motifs is 1. The van der Waals surface area contributed by atoms with Crippen LogP contribution in [0, 0.1) is 6.92 Å². The molecule has 3 rings (SSSR count). The van der Waals surface area contributed by atoms with Crippen LogP contribution in [-0.4, -0.2) is 24.9 Å². The minimum Gasteiger partial charge on any atom is -0.493 e. The summed E-state index contributed by atoms with van der Waals surface area (Å²) in [5.74, 6) is 1.01. The maximum Gasteiger partial charge on any atom is 0.495 e. The molecule has 4 heteroatoms. The van der Waals surface area contributed by atoms with Crippen molar-refractivity contribution in [2.45, 2.75) is 52.2 Å². The lowest BCUT2D eigenvalue weighted by atomic mass is 9.75. The molecule has 0 unspecified atom stereocenters. The Morgan fingerprint density at radius 1 is 1.05 bits per heavy atom. The number of benzene rings is 1. The van der Waals surface area contributed by atoms with Crippen molar-refractivity contribution < 1.29 is 14.0 Å². The van der Waals surface area contributed by atoms with E-state index in [-0.39, 0.29) is 18.3 Å². The molecule has 0 spiro atoms. The van der Waals surface area contributed by atoms with Gasteiger partial charge in [0.1, 0.15) is 5.75 Å². The fourth-order valence-corrected chi connectivity index (χ4v) is 2.57. The Bertz CT molecular complexity index is 506. The number of hydrogen-bond acceptors (Lipinski definition) is 3. The molecule has 2 heterocycles. The molecular weight excluding hydrogens is 239 g/mol. The van der Waals surface area contributed by atoms with Gasteiger partial charge in [-0.05, 0) is 57.3 Å². The summed E-state index contributed by atoms with van der Waals surface area (Å²) in [5.41, 5.74) is 2.97. The predicted octanol–water partition coefficient (Wildman–Crippen LogP) is 2.23. The third-order valence-corrected chi connectivity index (χ3v) is 4.59. The minimum absolute atomic E-state index is 0.282. The molecule has 102 valence electrons. The summed E-state index contributed by atoms with van der Waals surface area (Å²) < 4.78 is 17.9. The van der Waals surface area contributed by atoms with Gasteiger partial charge in [0.05, 0.1) is 17.8 Å². The SMILES string of the molecule is Cc1cc2c(cc1B1OC(C)(C)C(C)(C)O1)CCO2. The van der Waals surface area contributed by atoms with E-state index in [9.17, 15) is 0 Å². The summed E-state index contributed by atoms with van der Waals surface area (Å²) >= 11 is 0. The van der Waals surface area contributed by atoms with E-state index in [2.05, 4.69) is 46.8 Å². The lowest BCUT2D eigenvalue weighted by Gasteiger charge is -2.32. The van der Waals surface area contributed by atoms with Gasteiger partial charge in [-0.25, -0.2) is 0 Å². The molecule has 0 N–H and O–H groups in total. The topological polar surface area (TPSA) is 27.7 Å². The van der Waals surface area contributed by atoms with Crippen molar-refractivity contribution in [3.63, 3.8) is 0 Å². The Balaban J connectivity index is 1.96. The van der Waals surface area contributed by atoms with E-state index in [1.807, 2.05) is 0 Å². The van der Waals surface area contributed by atoms with Gasteiger partial charge < -0.3 is 14.0 Å². The zero-order chi connectivity index (χ0) is 13.8. The smallest absolute Gasteiger partial charge is 0.493 e. The molecular formula is C15H21BO3. The molecule has 2 aliphatic heterocycles. The van der Waals surface area contributed by atoms with Crippen LogP contribution in [0.25, 0.3) is 0 Å². The Morgan fingerprint density at radius 3 is 2.32 bits per heavy atom. The average Bonchev–Trinajstić information content (AvgIpc) is 2.80. The van der Waals surface area contributed by atoms with Crippen LogP contribution in [0.15, 0.2) is 12.1 Å². The van der Waals surface area contributed by atoms with Gasteiger partial charge in [0, 0.05) is 6.42 Å². The highest BCUT2D eigenvalue weighted by atomic mass is 16.7. The third kappa shape index (κ3) is 1.98. The summed E-state index contributed by atoms with van der Waals surface area (Å²) in [5, 5.41) is 0. The van der Waals surface area contributed by atoms with Crippen LogP contribution in [0.3, 0.4) is 0 Å². The first kappa shape index (κ1) is 13.0. The lowest BCUT2D eigenvalue weighted by molar-refractivity contribution is 0.00578. The van der Waals surface area contributed by atoms with E-state index in [0.29, 0.717) is 0 Å². The molecule has 0 radical (unpaired) electrons. The van der Waals surface area contributed by atoms with E-state index < -0.39 is 0 Å². The van der Waals surface area contributed by atoms with Crippen LogP contribution >= 0.6 is 0 Å². The highest BCUT2D eigenvalue weighted by Crippen LogP contribution is 2.37. The molecule has 1 aromatic rings. The van der Waals surface area contributed by atoms with Crippen LogP contribution in [0.4, 0.5) is 0 Å². The van der Waals surface area contributed by atoms with Gasteiger partial charge in [0.2, 0.25) is 0 Å². The molecule has 0 bridgehead atoms. The highest BCUT2D eigenvalue weighted by Gasteiger charge is 2.52. The van der Waals surface area contributed by atoms with Crippen LogP contribution in [0.2, 0.25) is 0 Å². The van der Waals surface area contributed by atoms with Crippen molar-refractivity contribution in [2.24, 2.45) is 0 Å². The molecule has 0 atom stereocenters. The first-order chi connectivity index (χ1) is 8.80. The normalized spacial score (nSPS) is 23.3. The maximum atomic E-state index is 6.13. The summed E-state index contributed by atoms with van der Waals surface area (Å²) in [6.45, 7) is 11.2. The van der Waals surface area contributed by atoms with Crippen molar-refractivity contribution >= 4 is 12.6 Å². The summed E-state index contributed by atoms with van der Waals surface area (Å²) in [6.07, 6.45) is 0.974. The quantitative estimate of drug-likeness (QED) is 0.725. The molecule has 1 fully saturated rings. The average molecular weight is 260 g/mol. The van der Waals surface area contributed by atoms with Gasteiger partial charge in [-0.2, -0.15) is 0 Å². The van der Waals surface area contributed by atoms with Crippen molar-refractivity contribution in [1.29, 1.82) is 0 Å². The lowest BCUT2D eigenvalue weighted by Crippen LogP contribution is -2.41. The summed E-state index contributed by atoms with van der Waals surface area (Å²) in [4.78, 5) is 0. The molecule has 19 heavy (non-hydrogen) atoms. The van der Waals surface area contributed by atoms with Crippen molar-refractivity contribution in [1.82, 2.24) is 0 Å². The largest absolute Gasteiger partial charge is 0.495 e. The van der Waals surface area contributed by atoms with Gasteiger partial charge in [0.25, 0.3) is 0 Å². The first-order valence-corrected chi connectivity index (χ1v) is 6.92. The van der Waals surface area contributed by atoms with Gasteiger partial charge >= 0.3 is 7.12 Å². The maximum absolute atomic E-state index is 6.13. The van der Waals surface area contributed by atoms with Crippen molar-refractivity contribution in [2.75, 3.05) is 6.61 Å². The highest BCUT2D eigenvalue weighted by molar-refractivity contribution is 6.62. The molecule has 2 aliphatic rings. The van der Waals surface area contributed by atoms with Crippen LogP contribution in [-0.2, 0) is 15.7 Å². The first-order valence-electron chi connectivity index (χ1n) is 6.92. The van der Waals surface area contributed by atoms with E-state index >= 15 is 0 Å². The zero-order valence-electron chi connectivity index (χ0n) is 12.4. The second-order valence-corrected chi connectivity index (χ2v) is 6.50. The van der Waals surface area contributed by atoms with Gasteiger partial charge in [-0.3, -0.25) is 0 Å². The van der Waals surface area contributed by atoms with E-state index in [1.165, 1.54) is 11.1 Å². The number of aryl methyl sites for hydroxylation is 1. The van der Waals surface area contributed by atoms with E-state index in [4.69, 9.17) is 14.0 Å². The molecule has 3 nitrogen and oxygen atoms in total. The number of rotatable bonds is 1. The standard InChI is InChI=1S/C15H21BO3/c1-10-8-13-11(6-7-17-13)9-12(10)16-18-14(2,3)15(4,5)19-16/h8-9H,6-7H2,1-5H3. The van der Waals surface area contributed by atoms with Crippen LogP contribution < -0.4 is 10.2 Å². The second kappa shape index (κ2) is 4.00. The predicted molar refractivity (Wildman–Crippen MR) is 76.1 cm³/mol. The Labute approximate surface area is 115 Å². The van der Waals surface area contributed by atoms with Crippen molar-refractivity contribution in [3.8, 4) is 5.75 Å². The molecule has 1 aromatic carbocycles. The monoisotopic (exact) mass is 260 g/mol. The summed E-state index contributed by atoms with van der Waals surface area (Å²) in [6, 6.07) is 4.28. The number of ether oxygens (including phenoxy) is 1. The minimum atomic E-state index is -0.292. The fraction of sp³-hybridized carbons (Fsp3) is 0.600. The van der Waals surface area contributed by atoms with Gasteiger partial charge in [0.15, 0.2) is 0 Å². The molecule has 0 aromatic heterocycles. The Kier molecular flexibility index (Phi) is 2.74. The zero-order valence-corrected chi connectivity index (χ0v) is 12.4. The Morgan fingerprint density at radius 2 is 1.68 bits per heavy atom. The van der Waals surface area contributed by atoms with Crippen LogP contribution in [0.1, 0.15) is 38.8 Å². The van der Waals surface area contributed by atoms with Crippen LogP contribution in [0.5, 0.6) is 5.75 Å². The van der Waals surface area contributed by atoms with Gasteiger partial charge in [-0.1, -0.05) is 6.07 Å². The molecule has 0 aliphatic carbocycles. The van der Waals surface area contributed by atoms with Gasteiger partial charge in [-0.15, -0.1) is 0 Å². The third-order valence-electron chi connectivity index (χ3n) is 4.59. The van der Waals surface area contributed by atoms with E-state index in [1.54, 1.807) is 0 Å². The summed E-state index contributed by atoms with van der Waals surface area (Å²) in [7, 11) is -0.282. The second-order valence-electron chi connectivity index (χ2n) is 6.50. The fourth-order valence-electron chi connectivity index (χ4n) is 2.57. The Hall–Kier alpha value is -0.995. The van der Waals surface area contributed by atoms with Crippen molar-refractivity contribution in [3.05, 3.63) is 23.3 Å². The van der Waals surface area contributed by atoms with E-state index in [0.717, 1.165) is 24.2 Å². The number of hydrogen-bond donors (Lipinski definition) is 0. The molecule has 0 amide bonds.